The number of ketones is 1. The molecule has 0 aromatic heterocycles. The summed E-state index contributed by atoms with van der Waals surface area (Å²) in [6.07, 6.45) is 1.20. The SMILES string of the molecule is COC1=CC(=O)OCC1C(C)=O. The highest BCUT2D eigenvalue weighted by molar-refractivity contribution is 5.88. The minimum Gasteiger partial charge on any atom is -0.500 e. The summed E-state index contributed by atoms with van der Waals surface area (Å²) in [6, 6.07) is 0. The molecule has 4 heteroatoms. The molecule has 0 saturated carbocycles. The van der Waals surface area contributed by atoms with Gasteiger partial charge in [-0.3, -0.25) is 4.79 Å². The Morgan fingerprint density at radius 2 is 2.42 bits per heavy atom. The number of esters is 1. The number of hydrogen-bond acceptors (Lipinski definition) is 4. The van der Waals surface area contributed by atoms with Crippen molar-refractivity contribution in [1.82, 2.24) is 0 Å². The van der Waals surface area contributed by atoms with Gasteiger partial charge in [0.15, 0.2) is 0 Å². The molecule has 0 radical (unpaired) electrons. The molecule has 0 saturated heterocycles. The van der Waals surface area contributed by atoms with Crippen LogP contribution in [-0.4, -0.2) is 25.5 Å². The van der Waals surface area contributed by atoms with E-state index in [2.05, 4.69) is 4.74 Å². The Kier molecular flexibility index (Phi) is 2.47. The predicted molar refractivity (Wildman–Crippen MR) is 40.2 cm³/mol. The molecular weight excluding hydrogens is 160 g/mol. The van der Waals surface area contributed by atoms with E-state index in [0.29, 0.717) is 5.76 Å². The summed E-state index contributed by atoms with van der Waals surface area (Å²) in [7, 11) is 1.43. The van der Waals surface area contributed by atoms with E-state index >= 15 is 0 Å². The van der Waals surface area contributed by atoms with Crippen molar-refractivity contribution in [3.63, 3.8) is 0 Å². The van der Waals surface area contributed by atoms with Crippen molar-refractivity contribution in [3.05, 3.63) is 11.8 Å². The van der Waals surface area contributed by atoms with E-state index < -0.39 is 11.9 Å². The first-order valence-corrected chi connectivity index (χ1v) is 3.58. The number of rotatable bonds is 2. The lowest BCUT2D eigenvalue weighted by atomic mass is 10.0. The van der Waals surface area contributed by atoms with Crippen LogP contribution in [0, 0.1) is 5.92 Å². The van der Waals surface area contributed by atoms with Gasteiger partial charge in [-0.15, -0.1) is 0 Å². The van der Waals surface area contributed by atoms with Crippen molar-refractivity contribution in [2.45, 2.75) is 6.92 Å². The molecule has 1 heterocycles. The summed E-state index contributed by atoms with van der Waals surface area (Å²) in [5, 5.41) is 0. The van der Waals surface area contributed by atoms with Crippen LogP contribution in [-0.2, 0) is 19.1 Å². The van der Waals surface area contributed by atoms with Crippen LogP contribution in [0.15, 0.2) is 11.8 Å². The number of methoxy groups -OCH3 is 1. The second kappa shape index (κ2) is 3.38. The molecule has 0 fully saturated rings. The molecule has 0 bridgehead atoms. The summed E-state index contributed by atoms with van der Waals surface area (Å²) in [5.74, 6) is -0.550. The van der Waals surface area contributed by atoms with Crippen LogP contribution in [0.2, 0.25) is 0 Å². The first-order valence-electron chi connectivity index (χ1n) is 3.58. The first kappa shape index (κ1) is 8.77. The topological polar surface area (TPSA) is 52.6 Å². The number of Topliss-reactive ketones (excluding diaryl/α,β-unsaturated/α-hetero) is 1. The van der Waals surface area contributed by atoms with Gasteiger partial charge in [-0.2, -0.15) is 0 Å². The fraction of sp³-hybridized carbons (Fsp3) is 0.500. The Balaban J connectivity index is 2.84. The molecule has 1 rings (SSSR count). The molecule has 1 atom stereocenters. The average Bonchev–Trinajstić information content (AvgIpc) is 2.03. The van der Waals surface area contributed by atoms with Crippen molar-refractivity contribution < 1.29 is 19.1 Å². The number of ether oxygens (including phenoxy) is 2. The molecule has 12 heavy (non-hydrogen) atoms. The lowest BCUT2D eigenvalue weighted by molar-refractivity contribution is -0.142. The molecule has 0 aromatic rings. The fourth-order valence-corrected chi connectivity index (χ4v) is 1.02. The van der Waals surface area contributed by atoms with Gasteiger partial charge in [0.05, 0.1) is 13.2 Å². The molecule has 0 N–H and O–H groups in total. The van der Waals surface area contributed by atoms with Crippen molar-refractivity contribution in [1.29, 1.82) is 0 Å². The van der Waals surface area contributed by atoms with Crippen molar-refractivity contribution >= 4 is 11.8 Å². The monoisotopic (exact) mass is 170 g/mol. The summed E-state index contributed by atoms with van der Waals surface area (Å²) >= 11 is 0. The number of carbonyl (C=O) groups excluding carboxylic acids is 2. The molecule has 0 spiro atoms. The zero-order chi connectivity index (χ0) is 9.14. The average molecular weight is 170 g/mol. The minimum atomic E-state index is -0.454. The van der Waals surface area contributed by atoms with E-state index in [-0.39, 0.29) is 12.4 Å². The lowest BCUT2D eigenvalue weighted by Crippen LogP contribution is -2.27. The Labute approximate surface area is 70.1 Å². The number of carbonyl (C=O) groups is 2. The highest BCUT2D eigenvalue weighted by atomic mass is 16.5. The highest BCUT2D eigenvalue weighted by Gasteiger charge is 2.27. The fourth-order valence-electron chi connectivity index (χ4n) is 1.02. The molecule has 4 nitrogen and oxygen atoms in total. The number of hydrogen-bond donors (Lipinski definition) is 0. The van der Waals surface area contributed by atoms with Crippen molar-refractivity contribution in [3.8, 4) is 0 Å². The summed E-state index contributed by atoms with van der Waals surface area (Å²) in [4.78, 5) is 21.7. The van der Waals surface area contributed by atoms with Gasteiger partial charge in [0, 0.05) is 0 Å². The summed E-state index contributed by atoms with van der Waals surface area (Å²) in [5.41, 5.74) is 0. The molecule has 0 aliphatic carbocycles. The molecule has 1 aliphatic rings. The predicted octanol–water partition coefficient (Wildman–Crippen LogP) is 0.279. The van der Waals surface area contributed by atoms with E-state index in [1.54, 1.807) is 0 Å². The lowest BCUT2D eigenvalue weighted by Gasteiger charge is -2.19. The molecular formula is C8H10O4. The largest absolute Gasteiger partial charge is 0.500 e. The third-order valence-corrected chi connectivity index (χ3v) is 1.72. The van der Waals surface area contributed by atoms with Crippen LogP contribution in [0.25, 0.3) is 0 Å². The van der Waals surface area contributed by atoms with Crippen LogP contribution in [0.1, 0.15) is 6.92 Å². The van der Waals surface area contributed by atoms with Gasteiger partial charge in [-0.05, 0) is 6.92 Å². The normalized spacial score (nSPS) is 22.7. The van der Waals surface area contributed by atoms with E-state index in [4.69, 9.17) is 4.74 Å². The van der Waals surface area contributed by atoms with Gasteiger partial charge in [-0.25, -0.2) is 4.79 Å². The maximum absolute atomic E-state index is 11.0. The Morgan fingerprint density at radius 3 is 2.92 bits per heavy atom. The maximum atomic E-state index is 11.0. The second-order valence-corrected chi connectivity index (χ2v) is 2.54. The van der Waals surface area contributed by atoms with Gasteiger partial charge in [0.25, 0.3) is 0 Å². The van der Waals surface area contributed by atoms with Crippen LogP contribution in [0.3, 0.4) is 0 Å². The van der Waals surface area contributed by atoms with Crippen LogP contribution in [0.4, 0.5) is 0 Å². The third kappa shape index (κ3) is 1.64. The van der Waals surface area contributed by atoms with Gasteiger partial charge in [0.1, 0.15) is 24.1 Å². The molecule has 1 unspecified atom stereocenters. The van der Waals surface area contributed by atoms with Crippen molar-refractivity contribution in [2.75, 3.05) is 13.7 Å². The standard InChI is InChI=1S/C8H10O4/c1-5(9)6-4-12-8(10)3-7(6)11-2/h3,6H,4H2,1-2H3. The second-order valence-electron chi connectivity index (χ2n) is 2.54. The maximum Gasteiger partial charge on any atom is 0.334 e. The zero-order valence-electron chi connectivity index (χ0n) is 6.99. The van der Waals surface area contributed by atoms with E-state index in [0.717, 1.165) is 0 Å². The Hall–Kier alpha value is -1.32. The quantitative estimate of drug-likeness (QED) is 0.558. The Morgan fingerprint density at radius 1 is 1.75 bits per heavy atom. The number of cyclic esters (lactones) is 1. The summed E-state index contributed by atoms with van der Waals surface area (Å²) < 4.78 is 9.54. The molecule has 66 valence electrons. The van der Waals surface area contributed by atoms with Crippen LogP contribution in [0.5, 0.6) is 0 Å². The van der Waals surface area contributed by atoms with E-state index in [9.17, 15) is 9.59 Å². The smallest absolute Gasteiger partial charge is 0.334 e. The van der Waals surface area contributed by atoms with E-state index in [1.807, 2.05) is 0 Å². The van der Waals surface area contributed by atoms with E-state index in [1.165, 1.54) is 20.1 Å². The van der Waals surface area contributed by atoms with Gasteiger partial charge < -0.3 is 9.47 Å². The summed E-state index contributed by atoms with van der Waals surface area (Å²) in [6.45, 7) is 1.53. The highest BCUT2D eigenvalue weighted by Crippen LogP contribution is 2.17. The molecule has 1 aliphatic heterocycles. The molecule has 0 aromatic carbocycles. The molecule has 0 amide bonds. The van der Waals surface area contributed by atoms with Gasteiger partial charge >= 0.3 is 5.97 Å². The van der Waals surface area contributed by atoms with Crippen LogP contribution < -0.4 is 0 Å². The minimum absolute atomic E-state index is 0.0596. The Bertz CT molecular complexity index is 241. The van der Waals surface area contributed by atoms with Gasteiger partial charge in [0.2, 0.25) is 0 Å². The third-order valence-electron chi connectivity index (χ3n) is 1.72. The van der Waals surface area contributed by atoms with Crippen molar-refractivity contribution in [2.24, 2.45) is 5.92 Å². The van der Waals surface area contributed by atoms with Gasteiger partial charge in [-0.1, -0.05) is 0 Å². The first-order chi connectivity index (χ1) is 5.65. The zero-order valence-corrected chi connectivity index (χ0v) is 6.99. The van der Waals surface area contributed by atoms with Crippen LogP contribution >= 0.6 is 0 Å².